The van der Waals surface area contributed by atoms with Crippen LogP contribution in [0.15, 0.2) is 64.5 Å². The molecule has 5 heteroatoms. The Morgan fingerprint density at radius 2 is 1.88 bits per heavy atom. The van der Waals surface area contributed by atoms with E-state index in [1.54, 1.807) is 10.6 Å². The van der Waals surface area contributed by atoms with E-state index in [1.165, 1.54) is 5.56 Å². The van der Waals surface area contributed by atoms with Crippen molar-refractivity contribution >= 4 is 23.1 Å². The first-order valence-electron chi connectivity index (χ1n) is 8.10. The van der Waals surface area contributed by atoms with Gasteiger partial charge < -0.3 is 0 Å². The number of hydrazone groups is 1. The lowest BCUT2D eigenvalue weighted by Crippen LogP contribution is -2.23. The summed E-state index contributed by atoms with van der Waals surface area (Å²) in [5, 5.41) is 4.84. The van der Waals surface area contributed by atoms with E-state index < -0.39 is 0 Å². The molecule has 0 unspecified atom stereocenters. The van der Waals surface area contributed by atoms with Gasteiger partial charge in [0.2, 0.25) is 5.95 Å². The Balaban J connectivity index is 1.72. The maximum absolute atomic E-state index is 12.5. The standard InChI is InChI=1S/C19H20N4O/c1-2-23-18(24)16-12-6-7-13-17(16)21-19(23)22-20-14-8-11-15-9-4-3-5-10-15/h3-7,9-10,12-14H,2,8,11H2,1H3,(H,21,22)/b20-14-. The van der Waals surface area contributed by atoms with Crippen LogP contribution in [-0.4, -0.2) is 15.8 Å². The lowest BCUT2D eigenvalue weighted by Gasteiger charge is -2.10. The van der Waals surface area contributed by atoms with Gasteiger partial charge in [-0.25, -0.2) is 10.4 Å². The summed E-state index contributed by atoms with van der Waals surface area (Å²) in [5.74, 6) is 0.470. The average molecular weight is 320 g/mol. The van der Waals surface area contributed by atoms with E-state index in [0.717, 1.165) is 12.8 Å². The zero-order valence-electron chi connectivity index (χ0n) is 13.6. The van der Waals surface area contributed by atoms with Crippen LogP contribution in [0.3, 0.4) is 0 Å². The smallest absolute Gasteiger partial charge is 0.262 e. The van der Waals surface area contributed by atoms with Crippen LogP contribution >= 0.6 is 0 Å². The number of aromatic nitrogens is 2. The first kappa shape index (κ1) is 15.9. The largest absolute Gasteiger partial charge is 0.277 e. The molecule has 3 aromatic rings. The fraction of sp³-hybridized carbons (Fsp3) is 0.211. The second-order valence-electron chi connectivity index (χ2n) is 5.45. The van der Waals surface area contributed by atoms with Crippen molar-refractivity contribution in [3.05, 3.63) is 70.5 Å². The number of anilines is 1. The summed E-state index contributed by atoms with van der Waals surface area (Å²) < 4.78 is 1.59. The van der Waals surface area contributed by atoms with E-state index in [2.05, 4.69) is 27.6 Å². The molecule has 24 heavy (non-hydrogen) atoms. The molecular weight excluding hydrogens is 300 g/mol. The van der Waals surface area contributed by atoms with Crippen LogP contribution in [0.5, 0.6) is 0 Å². The summed E-state index contributed by atoms with van der Waals surface area (Å²) in [4.78, 5) is 17.0. The highest BCUT2D eigenvalue weighted by molar-refractivity contribution is 5.78. The van der Waals surface area contributed by atoms with Gasteiger partial charge in [-0.15, -0.1) is 0 Å². The van der Waals surface area contributed by atoms with Gasteiger partial charge in [0.15, 0.2) is 0 Å². The van der Waals surface area contributed by atoms with Gasteiger partial charge in [-0.2, -0.15) is 5.10 Å². The third-order valence-corrected chi connectivity index (χ3v) is 3.84. The first-order valence-corrected chi connectivity index (χ1v) is 8.10. The van der Waals surface area contributed by atoms with Crippen LogP contribution in [0.4, 0.5) is 5.95 Å². The van der Waals surface area contributed by atoms with Crippen molar-refractivity contribution in [2.45, 2.75) is 26.3 Å². The summed E-state index contributed by atoms with van der Waals surface area (Å²) in [6.45, 7) is 2.46. The van der Waals surface area contributed by atoms with Gasteiger partial charge in [-0.3, -0.25) is 9.36 Å². The third kappa shape index (κ3) is 3.51. The second-order valence-corrected chi connectivity index (χ2v) is 5.45. The summed E-state index contributed by atoms with van der Waals surface area (Å²) in [7, 11) is 0. The molecule has 0 spiro atoms. The van der Waals surface area contributed by atoms with Crippen molar-refractivity contribution in [1.82, 2.24) is 9.55 Å². The van der Waals surface area contributed by atoms with Crippen molar-refractivity contribution in [3.63, 3.8) is 0 Å². The molecular formula is C19H20N4O. The summed E-state index contributed by atoms with van der Waals surface area (Å²) >= 11 is 0. The van der Waals surface area contributed by atoms with Gasteiger partial charge in [0, 0.05) is 12.8 Å². The fourth-order valence-corrected chi connectivity index (χ4v) is 2.59. The fourth-order valence-electron chi connectivity index (χ4n) is 2.59. The van der Waals surface area contributed by atoms with E-state index in [9.17, 15) is 4.79 Å². The van der Waals surface area contributed by atoms with Gasteiger partial charge >= 0.3 is 0 Å². The number of nitrogens with one attached hydrogen (secondary N) is 1. The number of fused-ring (bicyclic) bond motifs is 1. The Hall–Kier alpha value is -2.95. The first-order chi connectivity index (χ1) is 11.8. The minimum atomic E-state index is -0.0508. The quantitative estimate of drug-likeness (QED) is 0.559. The molecule has 0 saturated heterocycles. The third-order valence-electron chi connectivity index (χ3n) is 3.84. The van der Waals surface area contributed by atoms with E-state index in [-0.39, 0.29) is 5.56 Å². The van der Waals surface area contributed by atoms with Gasteiger partial charge in [0.05, 0.1) is 10.9 Å². The van der Waals surface area contributed by atoms with E-state index in [0.29, 0.717) is 23.4 Å². The molecule has 0 bridgehead atoms. The van der Waals surface area contributed by atoms with Crippen molar-refractivity contribution in [2.75, 3.05) is 5.43 Å². The van der Waals surface area contributed by atoms with E-state index in [1.807, 2.05) is 49.5 Å². The topological polar surface area (TPSA) is 59.3 Å². The molecule has 0 fully saturated rings. The van der Waals surface area contributed by atoms with Gasteiger partial charge in [-0.05, 0) is 37.5 Å². The molecule has 0 atom stereocenters. The summed E-state index contributed by atoms with van der Waals surface area (Å²) in [5.41, 5.74) is 4.81. The van der Waals surface area contributed by atoms with Crippen molar-refractivity contribution in [1.29, 1.82) is 0 Å². The molecule has 1 N–H and O–H groups in total. The maximum Gasteiger partial charge on any atom is 0.262 e. The zero-order chi connectivity index (χ0) is 16.8. The predicted molar refractivity (Wildman–Crippen MR) is 98.6 cm³/mol. The maximum atomic E-state index is 12.5. The number of nitrogens with zero attached hydrogens (tertiary/aromatic N) is 3. The Labute approximate surface area is 140 Å². The number of benzene rings is 2. The van der Waals surface area contributed by atoms with Crippen LogP contribution in [0, 0.1) is 0 Å². The lowest BCUT2D eigenvalue weighted by atomic mass is 10.1. The van der Waals surface area contributed by atoms with Gasteiger partial charge in [0.1, 0.15) is 0 Å². The monoisotopic (exact) mass is 320 g/mol. The van der Waals surface area contributed by atoms with Crippen LogP contribution in [0.2, 0.25) is 0 Å². The molecule has 0 amide bonds. The molecule has 2 aromatic carbocycles. The highest BCUT2D eigenvalue weighted by Gasteiger charge is 2.08. The molecule has 0 radical (unpaired) electrons. The van der Waals surface area contributed by atoms with Crippen molar-refractivity contribution in [3.8, 4) is 0 Å². The Kier molecular flexibility index (Phi) is 5.01. The van der Waals surface area contributed by atoms with Crippen molar-refractivity contribution in [2.24, 2.45) is 5.10 Å². The average Bonchev–Trinajstić information content (AvgIpc) is 2.62. The minimum Gasteiger partial charge on any atom is -0.277 e. The Bertz CT molecular complexity index is 900. The predicted octanol–water partition coefficient (Wildman–Crippen LogP) is 3.45. The van der Waals surface area contributed by atoms with Gasteiger partial charge in [0.25, 0.3) is 5.56 Å². The number of rotatable bonds is 6. The molecule has 122 valence electrons. The Morgan fingerprint density at radius 3 is 2.67 bits per heavy atom. The lowest BCUT2D eigenvalue weighted by molar-refractivity contribution is 0.724. The van der Waals surface area contributed by atoms with E-state index >= 15 is 0 Å². The molecule has 1 aromatic heterocycles. The molecule has 1 heterocycles. The molecule has 0 saturated carbocycles. The number of hydrogen-bond acceptors (Lipinski definition) is 4. The summed E-state index contributed by atoms with van der Waals surface area (Å²) in [6.07, 6.45) is 3.56. The van der Waals surface area contributed by atoms with Crippen LogP contribution < -0.4 is 11.0 Å². The van der Waals surface area contributed by atoms with Crippen molar-refractivity contribution < 1.29 is 0 Å². The van der Waals surface area contributed by atoms with Gasteiger partial charge in [-0.1, -0.05) is 42.5 Å². The Morgan fingerprint density at radius 1 is 1.12 bits per heavy atom. The number of hydrogen-bond donors (Lipinski definition) is 1. The van der Waals surface area contributed by atoms with Crippen LogP contribution in [0.25, 0.3) is 10.9 Å². The molecule has 3 rings (SSSR count). The second kappa shape index (κ2) is 7.55. The van der Waals surface area contributed by atoms with Crippen LogP contribution in [0.1, 0.15) is 18.9 Å². The zero-order valence-corrected chi connectivity index (χ0v) is 13.6. The number of aryl methyl sites for hydroxylation is 1. The molecule has 0 aliphatic heterocycles. The molecule has 0 aliphatic carbocycles. The highest BCUT2D eigenvalue weighted by atomic mass is 16.1. The van der Waals surface area contributed by atoms with Crippen LogP contribution in [-0.2, 0) is 13.0 Å². The molecule has 0 aliphatic rings. The van der Waals surface area contributed by atoms with E-state index in [4.69, 9.17) is 0 Å². The number of para-hydroxylation sites is 1. The molecule has 5 nitrogen and oxygen atoms in total. The normalized spacial score (nSPS) is 11.2. The summed E-state index contributed by atoms with van der Waals surface area (Å²) in [6, 6.07) is 17.6. The minimum absolute atomic E-state index is 0.0508. The highest BCUT2D eigenvalue weighted by Crippen LogP contribution is 2.11. The SMILES string of the molecule is CCn1c(N/N=C\CCc2ccccc2)nc2ccccc2c1=O.